The summed E-state index contributed by atoms with van der Waals surface area (Å²) < 4.78 is 27.9. The van der Waals surface area contributed by atoms with Gasteiger partial charge in [0, 0.05) is 18.9 Å². The van der Waals surface area contributed by atoms with Crippen LogP contribution in [0.3, 0.4) is 0 Å². The van der Waals surface area contributed by atoms with Crippen LogP contribution in [0.4, 0.5) is 0 Å². The number of likely N-dealkylation sites (N-methyl/N-ethyl adjacent to an activating group) is 1. The Labute approximate surface area is 128 Å². The molecule has 1 aromatic carbocycles. The molecule has 1 amide bonds. The normalized spacial score (nSPS) is 11.0. The molecular weight excluding hydrogens is 318 g/mol. The van der Waals surface area contributed by atoms with Crippen molar-refractivity contribution in [3.63, 3.8) is 0 Å². The summed E-state index contributed by atoms with van der Waals surface area (Å²) in [5.74, 6) is -1.03. The van der Waals surface area contributed by atoms with Crippen LogP contribution < -0.4 is 0 Å². The molecule has 0 fully saturated rings. The van der Waals surface area contributed by atoms with E-state index in [-0.39, 0.29) is 28.6 Å². The summed E-state index contributed by atoms with van der Waals surface area (Å²) in [6, 6.07) is 3.94. The Bertz CT molecular complexity index is 657. The van der Waals surface area contributed by atoms with Gasteiger partial charge in [0.15, 0.2) is 9.84 Å². The van der Waals surface area contributed by atoms with Crippen molar-refractivity contribution in [3.05, 3.63) is 28.8 Å². The first-order chi connectivity index (χ1) is 9.66. The van der Waals surface area contributed by atoms with Gasteiger partial charge >= 0.3 is 5.97 Å². The summed E-state index contributed by atoms with van der Waals surface area (Å²) in [5.41, 5.74) is 0.131. The molecule has 0 bridgehead atoms. The van der Waals surface area contributed by atoms with E-state index >= 15 is 0 Å². The van der Waals surface area contributed by atoms with Gasteiger partial charge in [0.2, 0.25) is 0 Å². The zero-order chi connectivity index (χ0) is 16.2. The molecule has 0 heterocycles. The molecule has 6 nitrogen and oxygen atoms in total. The van der Waals surface area contributed by atoms with Crippen molar-refractivity contribution in [2.24, 2.45) is 0 Å². The van der Waals surface area contributed by atoms with Crippen LogP contribution in [-0.2, 0) is 19.4 Å². The molecule has 0 radical (unpaired) electrons. The summed E-state index contributed by atoms with van der Waals surface area (Å²) in [6.45, 7) is 1.67. The molecule has 1 rings (SSSR count). The van der Waals surface area contributed by atoms with Gasteiger partial charge in [0.05, 0.1) is 16.5 Å². The van der Waals surface area contributed by atoms with E-state index in [0.29, 0.717) is 0 Å². The van der Waals surface area contributed by atoms with E-state index in [4.69, 9.17) is 16.3 Å². The second-order valence-electron chi connectivity index (χ2n) is 4.38. The van der Waals surface area contributed by atoms with E-state index in [9.17, 15) is 18.0 Å². The molecule has 0 saturated carbocycles. The van der Waals surface area contributed by atoms with Crippen LogP contribution in [0.5, 0.6) is 0 Å². The summed E-state index contributed by atoms with van der Waals surface area (Å²) in [7, 11) is -2.12. The number of carbonyl (C=O) groups excluding carboxylic acids is 2. The fourth-order valence-corrected chi connectivity index (χ4v) is 2.91. The minimum absolute atomic E-state index is 0.0436. The lowest BCUT2D eigenvalue weighted by Gasteiger charge is -2.16. The van der Waals surface area contributed by atoms with Crippen LogP contribution in [-0.4, -0.2) is 51.6 Å². The summed E-state index contributed by atoms with van der Waals surface area (Å²) >= 11 is 5.81. The maximum atomic E-state index is 12.2. The summed E-state index contributed by atoms with van der Waals surface area (Å²) in [5, 5.41) is 0.0436. The predicted molar refractivity (Wildman–Crippen MR) is 78.2 cm³/mol. The summed E-state index contributed by atoms with van der Waals surface area (Å²) in [4.78, 5) is 24.5. The van der Waals surface area contributed by atoms with Crippen molar-refractivity contribution < 1.29 is 22.7 Å². The van der Waals surface area contributed by atoms with Crippen LogP contribution in [0.15, 0.2) is 23.1 Å². The lowest BCUT2D eigenvalue weighted by Crippen LogP contribution is -2.33. The minimum atomic E-state index is -3.54. The minimum Gasteiger partial charge on any atom is -0.465 e. The largest absolute Gasteiger partial charge is 0.465 e. The summed E-state index contributed by atoms with van der Waals surface area (Å²) in [6.07, 6.45) is 1.00. The fourth-order valence-electron chi connectivity index (χ4n) is 1.61. The lowest BCUT2D eigenvalue weighted by atomic mass is 10.2. The first-order valence-corrected chi connectivity index (χ1v) is 8.34. The molecule has 0 aromatic heterocycles. The van der Waals surface area contributed by atoms with Gasteiger partial charge in [-0.05, 0) is 25.1 Å². The standard InChI is InChI=1S/C13H16ClNO5S/c1-4-20-12(16)8-15(2)13(17)9-5-6-10(14)11(7-9)21(3,18)19/h5-7H,4,8H2,1-3H3. The molecule has 0 saturated heterocycles. The highest BCUT2D eigenvalue weighted by atomic mass is 35.5. The van der Waals surface area contributed by atoms with E-state index in [2.05, 4.69) is 0 Å². The highest BCUT2D eigenvalue weighted by Gasteiger charge is 2.19. The average Bonchev–Trinajstić information content (AvgIpc) is 2.37. The van der Waals surface area contributed by atoms with Gasteiger partial charge in [-0.1, -0.05) is 11.6 Å². The van der Waals surface area contributed by atoms with Gasteiger partial charge in [-0.15, -0.1) is 0 Å². The molecule has 0 aliphatic carbocycles. The molecule has 0 spiro atoms. The van der Waals surface area contributed by atoms with E-state index in [1.807, 2.05) is 0 Å². The number of esters is 1. The number of halogens is 1. The van der Waals surface area contributed by atoms with Gasteiger partial charge in [0.25, 0.3) is 5.91 Å². The van der Waals surface area contributed by atoms with E-state index in [0.717, 1.165) is 11.2 Å². The molecule has 21 heavy (non-hydrogen) atoms. The number of hydrogen-bond acceptors (Lipinski definition) is 5. The number of amides is 1. The third-order valence-corrected chi connectivity index (χ3v) is 4.17. The Morgan fingerprint density at radius 1 is 1.33 bits per heavy atom. The molecule has 8 heteroatoms. The molecule has 0 N–H and O–H groups in total. The number of rotatable bonds is 5. The maximum Gasteiger partial charge on any atom is 0.325 e. The van der Waals surface area contributed by atoms with E-state index < -0.39 is 21.7 Å². The zero-order valence-electron chi connectivity index (χ0n) is 11.9. The first kappa shape index (κ1) is 17.5. The van der Waals surface area contributed by atoms with Crippen molar-refractivity contribution in [2.45, 2.75) is 11.8 Å². The van der Waals surface area contributed by atoms with E-state index in [1.165, 1.54) is 25.2 Å². The maximum absolute atomic E-state index is 12.2. The number of ether oxygens (including phenoxy) is 1. The highest BCUT2D eigenvalue weighted by Crippen LogP contribution is 2.23. The molecule has 0 atom stereocenters. The molecule has 0 aliphatic rings. The Morgan fingerprint density at radius 2 is 1.95 bits per heavy atom. The van der Waals surface area contributed by atoms with Gasteiger partial charge in [0.1, 0.15) is 6.54 Å². The predicted octanol–water partition coefficient (Wildman–Crippen LogP) is 1.38. The third-order valence-electron chi connectivity index (χ3n) is 2.60. The van der Waals surface area contributed by atoms with Gasteiger partial charge < -0.3 is 9.64 Å². The van der Waals surface area contributed by atoms with Gasteiger partial charge in [-0.2, -0.15) is 0 Å². The quantitative estimate of drug-likeness (QED) is 0.760. The highest BCUT2D eigenvalue weighted by molar-refractivity contribution is 7.90. The van der Waals surface area contributed by atoms with E-state index in [1.54, 1.807) is 6.92 Å². The van der Waals surface area contributed by atoms with Crippen LogP contribution in [0.25, 0.3) is 0 Å². The number of carbonyl (C=O) groups is 2. The Kier molecular flexibility index (Phi) is 5.74. The first-order valence-electron chi connectivity index (χ1n) is 6.07. The number of hydrogen-bond donors (Lipinski definition) is 0. The molecule has 1 aromatic rings. The Morgan fingerprint density at radius 3 is 2.48 bits per heavy atom. The third kappa shape index (κ3) is 4.71. The lowest BCUT2D eigenvalue weighted by molar-refractivity contribution is -0.143. The average molecular weight is 334 g/mol. The van der Waals surface area contributed by atoms with Gasteiger partial charge in [-0.25, -0.2) is 8.42 Å². The van der Waals surface area contributed by atoms with Crippen molar-refractivity contribution in [1.29, 1.82) is 0 Å². The van der Waals surface area contributed by atoms with Crippen LogP contribution in [0.1, 0.15) is 17.3 Å². The monoisotopic (exact) mass is 333 g/mol. The van der Waals surface area contributed by atoms with Crippen molar-refractivity contribution in [3.8, 4) is 0 Å². The van der Waals surface area contributed by atoms with Crippen LogP contribution in [0.2, 0.25) is 5.02 Å². The molecule has 116 valence electrons. The van der Waals surface area contributed by atoms with Crippen molar-refractivity contribution in [1.82, 2.24) is 4.90 Å². The molecule has 0 aliphatic heterocycles. The SMILES string of the molecule is CCOC(=O)CN(C)C(=O)c1ccc(Cl)c(S(C)(=O)=O)c1. The van der Waals surface area contributed by atoms with Crippen molar-refractivity contribution >= 4 is 33.3 Å². The Hall–Kier alpha value is -1.60. The zero-order valence-corrected chi connectivity index (χ0v) is 13.5. The molecule has 0 unspecified atom stereocenters. The second kappa shape index (κ2) is 6.91. The Balaban J connectivity index is 3.01. The van der Waals surface area contributed by atoms with Crippen LogP contribution >= 0.6 is 11.6 Å². The number of benzene rings is 1. The van der Waals surface area contributed by atoms with Crippen LogP contribution in [0, 0.1) is 0 Å². The van der Waals surface area contributed by atoms with Gasteiger partial charge in [-0.3, -0.25) is 9.59 Å². The smallest absolute Gasteiger partial charge is 0.325 e. The fraction of sp³-hybridized carbons (Fsp3) is 0.385. The number of sulfone groups is 1. The topological polar surface area (TPSA) is 80.8 Å². The van der Waals surface area contributed by atoms with Crippen molar-refractivity contribution in [2.75, 3.05) is 26.5 Å². The molecular formula is C13H16ClNO5S. The second-order valence-corrected chi connectivity index (χ2v) is 6.77. The number of nitrogens with zero attached hydrogens (tertiary/aromatic N) is 1.